The van der Waals surface area contributed by atoms with Gasteiger partial charge in [-0.05, 0) is 6.07 Å². The lowest BCUT2D eigenvalue weighted by atomic mass is 10.6. The van der Waals surface area contributed by atoms with Crippen LogP contribution in [0.3, 0.4) is 0 Å². The summed E-state index contributed by atoms with van der Waals surface area (Å²) in [7, 11) is -0.113. The SMILES string of the molecule is CN(C)S(=O)(=O)CCNc1ccncn1. The molecule has 7 heteroatoms. The van der Waals surface area contributed by atoms with E-state index in [1.165, 1.54) is 24.7 Å². The Morgan fingerprint density at radius 1 is 1.47 bits per heavy atom. The van der Waals surface area contributed by atoms with Crippen molar-refractivity contribution in [3.8, 4) is 0 Å². The maximum absolute atomic E-state index is 11.4. The monoisotopic (exact) mass is 230 g/mol. The normalized spacial score (nSPS) is 11.7. The molecule has 1 aromatic heterocycles. The van der Waals surface area contributed by atoms with Crippen LogP contribution in [0.25, 0.3) is 0 Å². The summed E-state index contributed by atoms with van der Waals surface area (Å²) in [6, 6.07) is 1.68. The van der Waals surface area contributed by atoms with E-state index in [2.05, 4.69) is 15.3 Å². The molecular formula is C8H14N4O2S. The Hall–Kier alpha value is -1.21. The van der Waals surface area contributed by atoms with Crippen LogP contribution in [0, 0.1) is 0 Å². The summed E-state index contributed by atoms with van der Waals surface area (Å²) in [5, 5.41) is 2.90. The van der Waals surface area contributed by atoms with Gasteiger partial charge in [-0.1, -0.05) is 0 Å². The lowest BCUT2D eigenvalue weighted by molar-refractivity contribution is 0.521. The molecule has 0 radical (unpaired) electrons. The van der Waals surface area contributed by atoms with Gasteiger partial charge >= 0.3 is 0 Å². The number of aromatic nitrogens is 2. The molecule has 0 aliphatic carbocycles. The minimum atomic E-state index is -3.14. The van der Waals surface area contributed by atoms with E-state index in [0.717, 1.165) is 0 Å². The molecule has 15 heavy (non-hydrogen) atoms. The van der Waals surface area contributed by atoms with Gasteiger partial charge in [0.25, 0.3) is 0 Å². The lowest BCUT2D eigenvalue weighted by Crippen LogP contribution is -2.28. The maximum atomic E-state index is 11.4. The van der Waals surface area contributed by atoms with Crippen LogP contribution in [0.15, 0.2) is 18.6 Å². The van der Waals surface area contributed by atoms with Crippen LogP contribution in [0.5, 0.6) is 0 Å². The Bertz CT molecular complexity index is 390. The van der Waals surface area contributed by atoms with Gasteiger partial charge in [-0.25, -0.2) is 22.7 Å². The van der Waals surface area contributed by atoms with Crippen LogP contribution in [0.4, 0.5) is 5.82 Å². The first-order valence-electron chi connectivity index (χ1n) is 4.42. The fraction of sp³-hybridized carbons (Fsp3) is 0.500. The second-order valence-corrected chi connectivity index (χ2v) is 5.42. The van der Waals surface area contributed by atoms with Crippen LogP contribution in [-0.2, 0) is 10.0 Å². The van der Waals surface area contributed by atoms with Gasteiger partial charge < -0.3 is 5.32 Å². The van der Waals surface area contributed by atoms with Crippen molar-refractivity contribution in [3.63, 3.8) is 0 Å². The summed E-state index contributed by atoms with van der Waals surface area (Å²) in [4.78, 5) is 7.67. The zero-order chi connectivity index (χ0) is 11.3. The minimum absolute atomic E-state index is 0.0456. The molecule has 6 nitrogen and oxygen atoms in total. The van der Waals surface area contributed by atoms with Gasteiger partial charge in [0.05, 0.1) is 5.75 Å². The van der Waals surface area contributed by atoms with E-state index >= 15 is 0 Å². The number of rotatable bonds is 5. The Morgan fingerprint density at radius 3 is 2.73 bits per heavy atom. The van der Waals surface area contributed by atoms with E-state index in [0.29, 0.717) is 12.4 Å². The Balaban J connectivity index is 2.41. The molecule has 0 unspecified atom stereocenters. The molecule has 0 amide bonds. The van der Waals surface area contributed by atoms with Crippen molar-refractivity contribution in [2.75, 3.05) is 31.7 Å². The lowest BCUT2D eigenvalue weighted by Gasteiger charge is -2.11. The van der Waals surface area contributed by atoms with Crippen LogP contribution in [-0.4, -0.2) is 49.1 Å². The molecule has 0 aliphatic rings. The van der Waals surface area contributed by atoms with Gasteiger partial charge in [-0.3, -0.25) is 0 Å². The molecule has 1 N–H and O–H groups in total. The molecule has 0 bridgehead atoms. The minimum Gasteiger partial charge on any atom is -0.369 e. The third kappa shape index (κ3) is 3.80. The molecule has 0 saturated heterocycles. The molecule has 0 aliphatic heterocycles. The van der Waals surface area contributed by atoms with E-state index in [9.17, 15) is 8.42 Å². The molecule has 1 rings (SSSR count). The van der Waals surface area contributed by atoms with Crippen LogP contribution < -0.4 is 5.32 Å². The highest BCUT2D eigenvalue weighted by atomic mass is 32.2. The molecule has 0 spiro atoms. The van der Waals surface area contributed by atoms with Gasteiger partial charge in [0.2, 0.25) is 10.0 Å². The van der Waals surface area contributed by atoms with E-state index in [-0.39, 0.29) is 5.75 Å². The summed E-state index contributed by atoms with van der Waals surface area (Å²) in [6.07, 6.45) is 3.00. The Labute approximate surface area is 89.4 Å². The van der Waals surface area contributed by atoms with Gasteiger partial charge in [0.1, 0.15) is 12.1 Å². The maximum Gasteiger partial charge on any atom is 0.215 e. The third-order valence-corrected chi connectivity index (χ3v) is 3.64. The van der Waals surface area contributed by atoms with E-state index in [4.69, 9.17) is 0 Å². The highest BCUT2D eigenvalue weighted by Crippen LogP contribution is 1.99. The zero-order valence-corrected chi connectivity index (χ0v) is 9.53. The Kier molecular flexibility index (Phi) is 3.98. The van der Waals surface area contributed by atoms with Crippen molar-refractivity contribution in [1.29, 1.82) is 0 Å². The summed E-state index contributed by atoms with van der Waals surface area (Å²) >= 11 is 0. The third-order valence-electron chi connectivity index (χ3n) is 1.80. The standard InChI is InChI=1S/C8H14N4O2S/c1-12(2)15(13,14)6-5-10-8-3-4-9-7-11-8/h3-4,7H,5-6H2,1-2H3,(H,9,10,11). The van der Waals surface area contributed by atoms with Crippen molar-refractivity contribution in [2.24, 2.45) is 0 Å². The largest absolute Gasteiger partial charge is 0.369 e. The van der Waals surface area contributed by atoms with E-state index in [1.54, 1.807) is 12.3 Å². The first kappa shape index (κ1) is 11.9. The smallest absolute Gasteiger partial charge is 0.215 e. The van der Waals surface area contributed by atoms with Crippen molar-refractivity contribution in [1.82, 2.24) is 14.3 Å². The topological polar surface area (TPSA) is 75.2 Å². The molecule has 84 valence electrons. The predicted octanol–water partition coefficient (Wildman–Crippen LogP) is -0.220. The Morgan fingerprint density at radius 2 is 2.20 bits per heavy atom. The predicted molar refractivity (Wildman–Crippen MR) is 58.0 cm³/mol. The van der Waals surface area contributed by atoms with Crippen molar-refractivity contribution in [3.05, 3.63) is 18.6 Å². The number of sulfonamides is 1. The van der Waals surface area contributed by atoms with E-state index < -0.39 is 10.0 Å². The second kappa shape index (κ2) is 5.04. The number of nitrogens with one attached hydrogen (secondary N) is 1. The number of nitrogens with zero attached hydrogens (tertiary/aromatic N) is 3. The molecule has 1 heterocycles. The molecule has 0 fully saturated rings. The van der Waals surface area contributed by atoms with Crippen molar-refractivity contribution in [2.45, 2.75) is 0 Å². The van der Waals surface area contributed by atoms with Gasteiger partial charge in [-0.15, -0.1) is 0 Å². The van der Waals surface area contributed by atoms with Crippen molar-refractivity contribution < 1.29 is 8.42 Å². The van der Waals surface area contributed by atoms with Crippen molar-refractivity contribution >= 4 is 15.8 Å². The van der Waals surface area contributed by atoms with Crippen LogP contribution in [0.1, 0.15) is 0 Å². The highest BCUT2D eigenvalue weighted by Gasteiger charge is 2.12. The average Bonchev–Trinajstić information content (AvgIpc) is 2.19. The fourth-order valence-corrected chi connectivity index (χ4v) is 1.61. The van der Waals surface area contributed by atoms with Crippen LogP contribution in [0.2, 0.25) is 0 Å². The van der Waals surface area contributed by atoms with E-state index in [1.807, 2.05) is 0 Å². The molecule has 0 aromatic carbocycles. The summed E-state index contributed by atoms with van der Waals surface area (Å²) in [6.45, 7) is 0.331. The van der Waals surface area contributed by atoms with Gasteiger partial charge in [-0.2, -0.15) is 0 Å². The summed E-state index contributed by atoms with van der Waals surface area (Å²) in [5.41, 5.74) is 0. The number of anilines is 1. The molecule has 0 saturated carbocycles. The summed E-state index contributed by atoms with van der Waals surface area (Å²) in [5.74, 6) is 0.670. The second-order valence-electron chi connectivity index (χ2n) is 3.12. The van der Waals surface area contributed by atoms with Gasteiger partial charge in [0.15, 0.2) is 0 Å². The molecule has 0 atom stereocenters. The molecular weight excluding hydrogens is 216 g/mol. The molecule has 1 aromatic rings. The number of hydrogen-bond acceptors (Lipinski definition) is 5. The van der Waals surface area contributed by atoms with Gasteiger partial charge in [0, 0.05) is 26.8 Å². The quantitative estimate of drug-likeness (QED) is 0.757. The summed E-state index contributed by atoms with van der Waals surface area (Å²) < 4.78 is 24.0. The first-order valence-corrected chi connectivity index (χ1v) is 6.03. The number of hydrogen-bond donors (Lipinski definition) is 1. The first-order chi connectivity index (χ1) is 7.02. The highest BCUT2D eigenvalue weighted by molar-refractivity contribution is 7.89. The average molecular weight is 230 g/mol. The zero-order valence-electron chi connectivity index (χ0n) is 8.71. The fourth-order valence-electron chi connectivity index (χ4n) is 0.886. The van der Waals surface area contributed by atoms with Crippen LogP contribution >= 0.6 is 0 Å².